The van der Waals surface area contributed by atoms with E-state index in [-0.39, 0.29) is 40.4 Å². The second kappa shape index (κ2) is 11.8. The molecule has 4 heteroatoms. The number of hydrogen-bond donors (Lipinski definition) is 3. The van der Waals surface area contributed by atoms with E-state index in [1.165, 1.54) is 0 Å². The van der Waals surface area contributed by atoms with Crippen molar-refractivity contribution < 1.29 is 45.5 Å². The summed E-state index contributed by atoms with van der Waals surface area (Å²) in [6.45, 7) is 7.86. The van der Waals surface area contributed by atoms with Gasteiger partial charge in [0.1, 0.15) is 0 Å². The smallest absolute Gasteiger partial charge is 0.0154 e. The molecule has 0 aromatic heterocycles. The third-order valence-electron chi connectivity index (χ3n) is 1.87. The Morgan fingerprint density at radius 2 is 2.00 bits per heavy atom. The molecular formula is C12H21N2OPm-. The predicted octanol–water partition coefficient (Wildman–Crippen LogP) is 1.58. The molecule has 0 heterocycles. The Bertz CT molecular complexity index is 280. The molecule has 0 aliphatic heterocycles. The van der Waals surface area contributed by atoms with Crippen molar-refractivity contribution >= 4 is 0 Å². The zero-order valence-corrected chi connectivity index (χ0v) is 13.1. The van der Waals surface area contributed by atoms with Crippen LogP contribution in [-0.2, 0) is 6.54 Å². The van der Waals surface area contributed by atoms with Gasteiger partial charge >= 0.3 is 0 Å². The molecule has 0 aliphatic rings. The van der Waals surface area contributed by atoms with Crippen LogP contribution in [0.3, 0.4) is 0 Å². The molecule has 0 saturated carbocycles. The van der Waals surface area contributed by atoms with Crippen LogP contribution in [0.5, 0.6) is 5.75 Å². The molecule has 1 aromatic carbocycles. The summed E-state index contributed by atoms with van der Waals surface area (Å²) in [6, 6.07) is 6.51. The molecule has 0 atom stereocenters. The number of phenols is 1. The molecular weight excluding hydrogens is 333 g/mol. The minimum atomic E-state index is 0. The Morgan fingerprint density at radius 1 is 1.38 bits per heavy atom. The summed E-state index contributed by atoms with van der Waals surface area (Å²) in [4.78, 5) is 0. The average molecular weight is 354 g/mol. The van der Waals surface area contributed by atoms with E-state index >= 15 is 0 Å². The zero-order valence-electron chi connectivity index (χ0n) is 10.2. The molecule has 3 nitrogen and oxygen atoms in total. The van der Waals surface area contributed by atoms with Crippen molar-refractivity contribution in [3.63, 3.8) is 0 Å². The fourth-order valence-corrected chi connectivity index (χ4v) is 1.12. The van der Waals surface area contributed by atoms with E-state index in [2.05, 4.69) is 11.4 Å². The number of benzene rings is 1. The third kappa shape index (κ3) is 6.77. The summed E-state index contributed by atoms with van der Waals surface area (Å²) in [6.07, 6.45) is 0. The van der Waals surface area contributed by atoms with Crippen LogP contribution in [-0.4, -0.2) is 18.2 Å². The fraction of sp³-hybridized carbons (Fsp3) is 0.500. The van der Waals surface area contributed by atoms with Gasteiger partial charge in [0.05, 0.1) is 0 Å². The summed E-state index contributed by atoms with van der Waals surface area (Å²) in [5.41, 5.74) is 7.05. The molecule has 91 valence electrons. The number of nitrogens with two attached hydrogens (primary N) is 1. The van der Waals surface area contributed by atoms with E-state index in [0.29, 0.717) is 18.8 Å². The van der Waals surface area contributed by atoms with Crippen molar-refractivity contribution in [1.29, 1.82) is 0 Å². The van der Waals surface area contributed by atoms with Gasteiger partial charge < -0.3 is 16.2 Å². The van der Waals surface area contributed by atoms with Crippen LogP contribution < -0.4 is 11.1 Å². The molecule has 0 saturated heterocycles. The first-order chi connectivity index (χ1) is 7.25. The minimum Gasteiger partial charge on any atom is -0.533 e. The van der Waals surface area contributed by atoms with Crippen LogP contribution in [0.4, 0.5) is 0 Å². The Morgan fingerprint density at radius 3 is 2.56 bits per heavy atom. The zero-order chi connectivity index (χ0) is 11.7. The molecule has 0 fully saturated rings. The molecule has 0 bridgehead atoms. The van der Waals surface area contributed by atoms with Crippen molar-refractivity contribution in [3.8, 4) is 5.75 Å². The molecule has 0 spiro atoms. The first-order valence-electron chi connectivity index (χ1n) is 5.35. The van der Waals surface area contributed by atoms with Crippen molar-refractivity contribution in [2.75, 3.05) is 13.1 Å². The summed E-state index contributed by atoms with van der Waals surface area (Å²) in [5, 5.41) is 12.7. The molecule has 0 unspecified atom stereocenters. The van der Waals surface area contributed by atoms with Gasteiger partial charge in [-0.15, -0.1) is 11.1 Å². The van der Waals surface area contributed by atoms with Crippen LogP contribution in [0, 0.1) is 53.4 Å². The first kappa shape index (κ1) is 18.6. The van der Waals surface area contributed by atoms with Crippen molar-refractivity contribution in [2.24, 2.45) is 5.73 Å². The largest absolute Gasteiger partial charge is 0.533 e. The molecule has 1 aromatic rings. The van der Waals surface area contributed by atoms with Crippen LogP contribution in [0.25, 0.3) is 0 Å². The van der Waals surface area contributed by atoms with Crippen molar-refractivity contribution in [2.45, 2.75) is 27.3 Å². The third-order valence-corrected chi connectivity index (χ3v) is 1.87. The normalized spacial score (nSPS) is 8.75. The molecule has 4 N–H and O–H groups in total. The van der Waals surface area contributed by atoms with E-state index in [9.17, 15) is 5.11 Å². The van der Waals surface area contributed by atoms with Gasteiger partial charge in [0.25, 0.3) is 0 Å². The summed E-state index contributed by atoms with van der Waals surface area (Å²) < 4.78 is 0. The first-order valence-corrected chi connectivity index (χ1v) is 5.35. The molecule has 1 rings (SSSR count). The maximum atomic E-state index is 9.61. The van der Waals surface area contributed by atoms with E-state index in [1.807, 2.05) is 20.8 Å². The SMILES string of the molecule is CC.Cc1c[c-]cc(CNCCN)c1O.[Pm]. The summed E-state index contributed by atoms with van der Waals surface area (Å²) >= 11 is 0. The monoisotopic (exact) mass is 354 g/mol. The van der Waals surface area contributed by atoms with Crippen LogP contribution >= 0.6 is 0 Å². The quantitative estimate of drug-likeness (QED) is 0.568. The van der Waals surface area contributed by atoms with Gasteiger partial charge in [-0.1, -0.05) is 20.8 Å². The van der Waals surface area contributed by atoms with Gasteiger partial charge in [-0.05, 0) is 6.54 Å². The number of hydrogen-bond acceptors (Lipinski definition) is 3. The number of nitrogens with one attached hydrogen (secondary N) is 1. The maximum absolute atomic E-state index is 9.61. The Labute approximate surface area is 131 Å². The van der Waals surface area contributed by atoms with Crippen molar-refractivity contribution in [1.82, 2.24) is 5.32 Å². The Kier molecular flexibility index (Phi) is 13.7. The van der Waals surface area contributed by atoms with E-state index in [1.54, 1.807) is 12.1 Å². The molecule has 0 aliphatic carbocycles. The summed E-state index contributed by atoms with van der Waals surface area (Å²) in [5.74, 6) is 0.350. The van der Waals surface area contributed by atoms with Gasteiger partial charge in [-0.3, -0.25) is 0 Å². The number of rotatable bonds is 4. The second-order valence-electron chi connectivity index (χ2n) is 2.98. The van der Waals surface area contributed by atoms with Crippen LogP contribution in [0.1, 0.15) is 25.0 Å². The molecule has 16 heavy (non-hydrogen) atoms. The van der Waals surface area contributed by atoms with Crippen molar-refractivity contribution in [3.05, 3.63) is 29.3 Å². The molecule has 0 amide bonds. The van der Waals surface area contributed by atoms with Crippen LogP contribution in [0.2, 0.25) is 0 Å². The number of phenolic OH excluding ortho intramolecular Hbond substituents is 1. The second-order valence-corrected chi connectivity index (χ2v) is 2.98. The van der Waals surface area contributed by atoms with Gasteiger partial charge in [-0.2, -0.15) is 18.2 Å². The Hall–Kier alpha value is 0.278. The molecule has 1 radical (unpaired) electrons. The predicted molar refractivity (Wildman–Crippen MR) is 63.8 cm³/mol. The van der Waals surface area contributed by atoms with Gasteiger partial charge in [0, 0.05) is 59.2 Å². The number of aromatic hydroxyl groups is 1. The van der Waals surface area contributed by atoms with Gasteiger partial charge in [-0.25, -0.2) is 0 Å². The maximum Gasteiger partial charge on any atom is 0.0154 e. The van der Waals surface area contributed by atoms with Gasteiger partial charge in [0.2, 0.25) is 0 Å². The standard InChI is InChI=1S/C10H15N2O.C2H6.Pm/c1-8-3-2-4-9(10(8)13)7-12-6-5-11;1-2;/h3-4,12-13H,5-7,11H2,1H3;1-2H3;/q-1;;. The fourth-order valence-electron chi connectivity index (χ4n) is 1.12. The summed E-state index contributed by atoms with van der Waals surface area (Å²) in [7, 11) is 0. The topological polar surface area (TPSA) is 58.3 Å². The van der Waals surface area contributed by atoms with E-state index < -0.39 is 0 Å². The Balaban J connectivity index is 0. The van der Waals surface area contributed by atoms with Crippen LogP contribution in [0.15, 0.2) is 12.1 Å². The van der Waals surface area contributed by atoms with Gasteiger partial charge in [0.15, 0.2) is 0 Å². The average Bonchev–Trinajstić information content (AvgIpc) is 2.27. The van der Waals surface area contributed by atoms with E-state index in [0.717, 1.165) is 17.7 Å². The van der Waals surface area contributed by atoms with E-state index in [4.69, 9.17) is 5.73 Å². The minimum absolute atomic E-state index is 0. The number of aryl methyl sites for hydroxylation is 1.